The van der Waals surface area contributed by atoms with Gasteiger partial charge in [-0.05, 0) is 44.6 Å². The van der Waals surface area contributed by atoms with Crippen LogP contribution < -0.4 is 5.32 Å². The lowest BCUT2D eigenvalue weighted by Gasteiger charge is -2.39. The zero-order chi connectivity index (χ0) is 13.8. The van der Waals surface area contributed by atoms with Gasteiger partial charge in [-0.15, -0.1) is 0 Å². The minimum absolute atomic E-state index is 0.570. The summed E-state index contributed by atoms with van der Waals surface area (Å²) in [6, 6.07) is 0.580. The Morgan fingerprint density at radius 1 is 1.42 bits per heavy atom. The van der Waals surface area contributed by atoms with Crippen molar-refractivity contribution < 1.29 is 4.42 Å². The van der Waals surface area contributed by atoms with Crippen LogP contribution >= 0.6 is 11.8 Å². The van der Waals surface area contributed by atoms with Crippen LogP contribution in [-0.2, 0) is 0 Å². The lowest BCUT2D eigenvalue weighted by Crippen LogP contribution is -2.46. The quantitative estimate of drug-likeness (QED) is 0.889. The number of oxazole rings is 1. The Morgan fingerprint density at radius 2 is 2.21 bits per heavy atom. The second-order valence-electron chi connectivity index (χ2n) is 5.95. The molecule has 1 fully saturated rings. The molecule has 0 amide bonds. The van der Waals surface area contributed by atoms with Gasteiger partial charge in [-0.25, -0.2) is 4.98 Å². The minimum Gasteiger partial charge on any atom is -0.440 e. The highest BCUT2D eigenvalue weighted by Crippen LogP contribution is 2.39. The van der Waals surface area contributed by atoms with E-state index >= 15 is 0 Å². The summed E-state index contributed by atoms with van der Waals surface area (Å²) in [6.07, 6.45) is 5.51. The molecule has 0 aromatic carbocycles. The summed E-state index contributed by atoms with van der Waals surface area (Å²) in [4.78, 5) is 4.44. The van der Waals surface area contributed by atoms with E-state index in [1.54, 1.807) is 6.26 Å². The van der Waals surface area contributed by atoms with Gasteiger partial charge >= 0.3 is 0 Å². The lowest BCUT2D eigenvalue weighted by atomic mass is 9.80. The van der Waals surface area contributed by atoms with E-state index in [2.05, 4.69) is 31.1 Å². The van der Waals surface area contributed by atoms with Gasteiger partial charge in [0.05, 0.1) is 5.69 Å². The number of nitrogens with one attached hydrogen (secondary N) is 1. The van der Waals surface area contributed by atoms with Crippen molar-refractivity contribution in [3.63, 3.8) is 0 Å². The van der Waals surface area contributed by atoms with Gasteiger partial charge in [0.25, 0.3) is 5.22 Å². The molecule has 1 aromatic rings. The zero-order valence-corrected chi connectivity index (χ0v) is 13.3. The van der Waals surface area contributed by atoms with Crippen LogP contribution in [0.1, 0.15) is 45.7 Å². The summed E-state index contributed by atoms with van der Waals surface area (Å²) in [7, 11) is 0. The fraction of sp³-hybridized carbons (Fsp3) is 0.800. The van der Waals surface area contributed by atoms with Gasteiger partial charge in [0.1, 0.15) is 6.26 Å². The third-order valence-corrected chi connectivity index (χ3v) is 5.33. The van der Waals surface area contributed by atoms with Gasteiger partial charge in [0.2, 0.25) is 0 Å². The number of aryl methyl sites for hydroxylation is 1. The molecular weight excluding hydrogens is 256 g/mol. The van der Waals surface area contributed by atoms with E-state index in [9.17, 15) is 0 Å². The van der Waals surface area contributed by atoms with Crippen LogP contribution in [0.2, 0.25) is 0 Å². The smallest absolute Gasteiger partial charge is 0.256 e. The van der Waals surface area contributed by atoms with Crippen molar-refractivity contribution in [3.05, 3.63) is 12.0 Å². The van der Waals surface area contributed by atoms with E-state index in [-0.39, 0.29) is 0 Å². The molecule has 1 saturated carbocycles. The Labute approximate surface area is 120 Å². The molecule has 1 N–H and O–H groups in total. The Bertz CT molecular complexity index is 393. The molecule has 0 saturated heterocycles. The molecule has 2 rings (SSSR count). The van der Waals surface area contributed by atoms with E-state index in [1.807, 2.05) is 18.7 Å². The van der Waals surface area contributed by atoms with E-state index in [1.165, 1.54) is 19.3 Å². The molecule has 0 spiro atoms. The van der Waals surface area contributed by atoms with Crippen molar-refractivity contribution in [2.24, 2.45) is 11.8 Å². The molecule has 1 heterocycles. The summed E-state index contributed by atoms with van der Waals surface area (Å²) >= 11 is 1.81. The summed E-state index contributed by atoms with van der Waals surface area (Å²) in [5, 5.41) is 5.12. The molecule has 1 aliphatic carbocycles. The standard InChI is InChI=1S/C15H26N2OS/c1-5-6-16-13-8-10(2)7-11(3)14(13)19-15-17-12(4)9-18-15/h9-11,13-14,16H,5-8H2,1-4H3. The molecule has 19 heavy (non-hydrogen) atoms. The summed E-state index contributed by atoms with van der Waals surface area (Å²) < 4.78 is 5.52. The normalized spacial score (nSPS) is 31.6. The van der Waals surface area contributed by atoms with Gasteiger partial charge in [-0.3, -0.25) is 0 Å². The molecule has 4 heteroatoms. The SMILES string of the molecule is CCCNC1CC(C)CC(C)C1Sc1nc(C)co1. The monoisotopic (exact) mass is 282 g/mol. The Kier molecular flexibility index (Phi) is 5.34. The van der Waals surface area contributed by atoms with E-state index in [4.69, 9.17) is 4.42 Å². The molecule has 108 valence electrons. The van der Waals surface area contributed by atoms with Gasteiger partial charge < -0.3 is 9.73 Å². The second-order valence-corrected chi connectivity index (χ2v) is 7.08. The van der Waals surface area contributed by atoms with E-state index in [0.29, 0.717) is 17.2 Å². The number of thioether (sulfide) groups is 1. The second kappa shape index (κ2) is 6.80. The van der Waals surface area contributed by atoms with Crippen molar-refractivity contribution in [1.29, 1.82) is 0 Å². The van der Waals surface area contributed by atoms with Crippen molar-refractivity contribution in [2.45, 2.75) is 63.5 Å². The van der Waals surface area contributed by atoms with Crippen molar-refractivity contribution in [1.82, 2.24) is 10.3 Å². The number of nitrogens with zero attached hydrogens (tertiary/aromatic N) is 1. The molecule has 4 unspecified atom stereocenters. The molecule has 0 radical (unpaired) electrons. The Hall–Kier alpha value is -0.480. The number of hydrogen-bond donors (Lipinski definition) is 1. The maximum atomic E-state index is 5.52. The molecule has 0 aliphatic heterocycles. The number of hydrogen-bond acceptors (Lipinski definition) is 4. The summed E-state index contributed by atoms with van der Waals surface area (Å²) in [6.45, 7) is 10.0. The maximum absolute atomic E-state index is 5.52. The van der Waals surface area contributed by atoms with Crippen LogP contribution in [0.5, 0.6) is 0 Å². The fourth-order valence-electron chi connectivity index (χ4n) is 3.06. The first kappa shape index (κ1) is 14.9. The van der Waals surface area contributed by atoms with Crippen LogP contribution in [-0.4, -0.2) is 22.8 Å². The first-order chi connectivity index (χ1) is 9.10. The minimum atomic E-state index is 0.570. The van der Waals surface area contributed by atoms with Gasteiger partial charge in [-0.2, -0.15) is 0 Å². The molecule has 4 atom stereocenters. The maximum Gasteiger partial charge on any atom is 0.256 e. The van der Waals surface area contributed by atoms with Crippen LogP contribution in [0.15, 0.2) is 15.9 Å². The molecule has 1 aromatic heterocycles. The van der Waals surface area contributed by atoms with E-state index < -0.39 is 0 Å². The van der Waals surface area contributed by atoms with Crippen LogP contribution in [0.25, 0.3) is 0 Å². The zero-order valence-electron chi connectivity index (χ0n) is 12.5. The topological polar surface area (TPSA) is 38.1 Å². The summed E-state index contributed by atoms with van der Waals surface area (Å²) in [5.74, 6) is 1.52. The predicted molar refractivity (Wildman–Crippen MR) is 80.5 cm³/mol. The molecule has 3 nitrogen and oxygen atoms in total. The van der Waals surface area contributed by atoms with E-state index in [0.717, 1.165) is 23.4 Å². The Balaban J connectivity index is 2.04. The third kappa shape index (κ3) is 3.99. The van der Waals surface area contributed by atoms with Gasteiger partial charge in [-0.1, -0.05) is 32.5 Å². The summed E-state index contributed by atoms with van der Waals surface area (Å²) in [5.41, 5.74) is 0.970. The highest BCUT2D eigenvalue weighted by Gasteiger charge is 2.35. The van der Waals surface area contributed by atoms with Crippen LogP contribution in [0, 0.1) is 18.8 Å². The highest BCUT2D eigenvalue weighted by atomic mass is 32.2. The average Bonchev–Trinajstić information content (AvgIpc) is 2.76. The lowest BCUT2D eigenvalue weighted by molar-refractivity contribution is 0.248. The van der Waals surface area contributed by atoms with Gasteiger partial charge in [0.15, 0.2) is 0 Å². The molecule has 1 aliphatic rings. The van der Waals surface area contributed by atoms with Crippen molar-refractivity contribution in [3.8, 4) is 0 Å². The largest absolute Gasteiger partial charge is 0.440 e. The van der Waals surface area contributed by atoms with Crippen LogP contribution in [0.3, 0.4) is 0 Å². The molecule has 0 bridgehead atoms. The predicted octanol–water partition coefficient (Wildman–Crippen LogP) is 3.88. The average molecular weight is 282 g/mol. The van der Waals surface area contributed by atoms with Crippen LogP contribution in [0.4, 0.5) is 0 Å². The van der Waals surface area contributed by atoms with Crippen molar-refractivity contribution >= 4 is 11.8 Å². The van der Waals surface area contributed by atoms with Crippen molar-refractivity contribution in [2.75, 3.05) is 6.54 Å². The first-order valence-corrected chi connectivity index (χ1v) is 8.30. The van der Waals surface area contributed by atoms with Gasteiger partial charge in [0, 0.05) is 11.3 Å². The molecular formula is C15H26N2OS. The number of aromatic nitrogens is 1. The highest BCUT2D eigenvalue weighted by molar-refractivity contribution is 7.99. The Morgan fingerprint density at radius 3 is 2.84 bits per heavy atom. The number of rotatable bonds is 5. The third-order valence-electron chi connectivity index (χ3n) is 3.88. The first-order valence-electron chi connectivity index (χ1n) is 7.42. The fourth-order valence-corrected chi connectivity index (χ4v) is 4.31.